The zero-order chi connectivity index (χ0) is 12.0. The van der Waals surface area contributed by atoms with E-state index in [0.29, 0.717) is 5.69 Å². The first-order valence-electron chi connectivity index (χ1n) is 5.36. The maximum Gasteiger partial charge on any atom is 0.267 e. The van der Waals surface area contributed by atoms with Gasteiger partial charge in [-0.2, -0.15) is 0 Å². The third kappa shape index (κ3) is 4.81. The molecule has 2 N–H and O–H groups in total. The van der Waals surface area contributed by atoms with Gasteiger partial charge in [0.05, 0.1) is 0 Å². The molecule has 0 aliphatic heterocycles. The van der Waals surface area contributed by atoms with Crippen LogP contribution in [0.2, 0.25) is 0 Å². The van der Waals surface area contributed by atoms with Crippen molar-refractivity contribution in [1.82, 2.24) is 15.2 Å². The number of aromatic nitrogens is 1. The summed E-state index contributed by atoms with van der Waals surface area (Å²) in [7, 11) is 4.10. The molecule has 0 saturated carbocycles. The van der Waals surface area contributed by atoms with Gasteiger partial charge in [0.2, 0.25) is 0 Å². The van der Waals surface area contributed by atoms with Crippen molar-refractivity contribution in [3.05, 3.63) is 22.4 Å². The molecule has 1 heterocycles. The molecule has 0 radical (unpaired) electrons. The highest BCUT2D eigenvalue weighted by atomic mass is 79.9. The van der Waals surface area contributed by atoms with Crippen LogP contribution in [0.3, 0.4) is 0 Å². The van der Waals surface area contributed by atoms with E-state index in [2.05, 4.69) is 45.2 Å². The molecule has 0 aliphatic rings. The fourth-order valence-corrected chi connectivity index (χ4v) is 1.69. The van der Waals surface area contributed by atoms with Crippen LogP contribution >= 0.6 is 15.9 Å². The number of H-pyrrole nitrogens is 1. The number of nitrogens with one attached hydrogen (secondary N) is 2. The molecule has 1 aromatic heterocycles. The van der Waals surface area contributed by atoms with Gasteiger partial charge in [-0.05, 0) is 55.5 Å². The number of hydrogen-bond acceptors (Lipinski definition) is 2. The molecule has 0 aliphatic carbocycles. The third-order valence-electron chi connectivity index (χ3n) is 2.21. The fraction of sp³-hybridized carbons (Fsp3) is 0.545. The van der Waals surface area contributed by atoms with Gasteiger partial charge in [-0.3, -0.25) is 4.79 Å². The van der Waals surface area contributed by atoms with Crippen molar-refractivity contribution in [3.63, 3.8) is 0 Å². The minimum atomic E-state index is -0.0458. The van der Waals surface area contributed by atoms with E-state index in [1.54, 1.807) is 12.3 Å². The number of amides is 1. The Labute approximate surface area is 105 Å². The summed E-state index contributed by atoms with van der Waals surface area (Å²) in [6.45, 7) is 1.78. The van der Waals surface area contributed by atoms with Crippen molar-refractivity contribution in [3.8, 4) is 0 Å². The lowest BCUT2D eigenvalue weighted by Crippen LogP contribution is -2.25. The van der Waals surface area contributed by atoms with Crippen LogP contribution in [0.4, 0.5) is 0 Å². The molecule has 4 nitrogen and oxygen atoms in total. The summed E-state index contributed by atoms with van der Waals surface area (Å²) < 4.78 is 0.894. The molecule has 16 heavy (non-hydrogen) atoms. The van der Waals surface area contributed by atoms with E-state index < -0.39 is 0 Å². The van der Waals surface area contributed by atoms with Crippen LogP contribution in [0.25, 0.3) is 0 Å². The molecule has 0 saturated heterocycles. The van der Waals surface area contributed by atoms with Gasteiger partial charge in [0, 0.05) is 17.2 Å². The highest BCUT2D eigenvalue weighted by Gasteiger charge is 2.06. The first kappa shape index (κ1) is 13.3. The molecule has 1 amide bonds. The van der Waals surface area contributed by atoms with Gasteiger partial charge < -0.3 is 15.2 Å². The number of nitrogens with zero attached hydrogens (tertiary/aromatic N) is 1. The molecule has 90 valence electrons. The Hall–Kier alpha value is -0.810. The van der Waals surface area contributed by atoms with Crippen LogP contribution in [-0.4, -0.2) is 43.0 Å². The molecular weight excluding hydrogens is 270 g/mol. The molecule has 0 atom stereocenters. The predicted molar refractivity (Wildman–Crippen MR) is 68.6 cm³/mol. The number of carbonyl (C=O) groups excluding carboxylic acids is 1. The second kappa shape index (κ2) is 6.70. The van der Waals surface area contributed by atoms with E-state index in [1.165, 1.54) is 0 Å². The van der Waals surface area contributed by atoms with Crippen molar-refractivity contribution in [2.75, 3.05) is 27.2 Å². The Bertz CT molecular complexity index is 336. The van der Waals surface area contributed by atoms with E-state index >= 15 is 0 Å². The lowest BCUT2D eigenvalue weighted by Gasteiger charge is -2.09. The molecule has 5 heteroatoms. The summed E-state index contributed by atoms with van der Waals surface area (Å²) in [6, 6.07) is 1.77. The van der Waals surface area contributed by atoms with Crippen LogP contribution in [0.15, 0.2) is 16.7 Å². The second-order valence-electron chi connectivity index (χ2n) is 4.00. The quantitative estimate of drug-likeness (QED) is 0.785. The van der Waals surface area contributed by atoms with E-state index in [-0.39, 0.29) is 5.91 Å². The number of halogens is 1. The Balaban J connectivity index is 2.16. The van der Waals surface area contributed by atoms with E-state index in [1.807, 2.05) is 0 Å². The van der Waals surface area contributed by atoms with Gasteiger partial charge in [0.15, 0.2) is 0 Å². The van der Waals surface area contributed by atoms with E-state index in [9.17, 15) is 4.79 Å². The number of aromatic amines is 1. The summed E-state index contributed by atoms with van der Waals surface area (Å²) in [5, 5.41) is 2.88. The van der Waals surface area contributed by atoms with Gasteiger partial charge in [-0.1, -0.05) is 0 Å². The third-order valence-corrected chi connectivity index (χ3v) is 2.67. The van der Waals surface area contributed by atoms with Crippen LogP contribution < -0.4 is 5.32 Å². The van der Waals surface area contributed by atoms with Crippen molar-refractivity contribution < 1.29 is 4.79 Å². The molecule has 0 bridgehead atoms. The normalized spacial score (nSPS) is 10.8. The maximum atomic E-state index is 11.6. The topological polar surface area (TPSA) is 48.1 Å². The van der Waals surface area contributed by atoms with Crippen LogP contribution in [-0.2, 0) is 0 Å². The minimum absolute atomic E-state index is 0.0458. The van der Waals surface area contributed by atoms with Crippen molar-refractivity contribution in [2.24, 2.45) is 0 Å². The summed E-state index contributed by atoms with van der Waals surface area (Å²) in [4.78, 5) is 16.6. The van der Waals surface area contributed by atoms with E-state index in [0.717, 1.165) is 30.4 Å². The largest absolute Gasteiger partial charge is 0.356 e. The van der Waals surface area contributed by atoms with Gasteiger partial charge in [-0.25, -0.2) is 0 Å². The average Bonchev–Trinajstić information content (AvgIpc) is 2.63. The Morgan fingerprint density at radius 2 is 2.25 bits per heavy atom. The number of unbranched alkanes of at least 4 members (excludes halogenated alkanes) is 1. The summed E-state index contributed by atoms with van der Waals surface area (Å²) in [5.41, 5.74) is 0.597. The zero-order valence-electron chi connectivity index (χ0n) is 9.72. The molecule has 1 rings (SSSR count). The van der Waals surface area contributed by atoms with Crippen molar-refractivity contribution in [1.29, 1.82) is 0 Å². The molecule has 0 spiro atoms. The Morgan fingerprint density at radius 3 is 2.81 bits per heavy atom. The van der Waals surface area contributed by atoms with Gasteiger partial charge >= 0.3 is 0 Å². The first-order valence-corrected chi connectivity index (χ1v) is 6.16. The van der Waals surface area contributed by atoms with Crippen LogP contribution in [0, 0.1) is 0 Å². The molecule has 1 aromatic rings. The summed E-state index contributed by atoms with van der Waals surface area (Å²) in [5.74, 6) is -0.0458. The van der Waals surface area contributed by atoms with Crippen LogP contribution in [0.5, 0.6) is 0 Å². The van der Waals surface area contributed by atoms with Crippen LogP contribution in [0.1, 0.15) is 23.3 Å². The minimum Gasteiger partial charge on any atom is -0.356 e. The Kier molecular flexibility index (Phi) is 5.55. The van der Waals surface area contributed by atoms with Crippen molar-refractivity contribution >= 4 is 21.8 Å². The smallest absolute Gasteiger partial charge is 0.267 e. The SMILES string of the molecule is CN(C)CCCCNC(=O)c1cc(Br)c[nH]1. The molecular formula is C11H18BrN3O. The zero-order valence-corrected chi connectivity index (χ0v) is 11.3. The van der Waals surface area contributed by atoms with Gasteiger partial charge in [-0.15, -0.1) is 0 Å². The lowest BCUT2D eigenvalue weighted by atomic mass is 10.3. The lowest BCUT2D eigenvalue weighted by molar-refractivity contribution is 0.0948. The molecule has 0 fully saturated rings. The second-order valence-corrected chi connectivity index (χ2v) is 4.91. The standard InChI is InChI=1S/C11H18BrN3O/c1-15(2)6-4-3-5-13-11(16)10-7-9(12)8-14-10/h7-8,14H,3-6H2,1-2H3,(H,13,16). The number of rotatable bonds is 6. The number of hydrogen-bond donors (Lipinski definition) is 2. The van der Waals surface area contributed by atoms with Gasteiger partial charge in [0.25, 0.3) is 5.91 Å². The monoisotopic (exact) mass is 287 g/mol. The predicted octanol–water partition coefficient (Wildman–Crippen LogP) is 1.85. The Morgan fingerprint density at radius 1 is 1.50 bits per heavy atom. The van der Waals surface area contributed by atoms with E-state index in [4.69, 9.17) is 0 Å². The highest BCUT2D eigenvalue weighted by molar-refractivity contribution is 9.10. The van der Waals surface area contributed by atoms with Crippen molar-refractivity contribution in [2.45, 2.75) is 12.8 Å². The maximum absolute atomic E-state index is 11.6. The summed E-state index contributed by atoms with van der Waals surface area (Å²) in [6.07, 6.45) is 3.86. The first-order chi connectivity index (χ1) is 7.59. The molecule has 0 unspecified atom stereocenters. The summed E-state index contributed by atoms with van der Waals surface area (Å²) >= 11 is 3.29. The molecule has 0 aromatic carbocycles. The average molecular weight is 288 g/mol. The number of carbonyl (C=O) groups is 1. The highest BCUT2D eigenvalue weighted by Crippen LogP contribution is 2.10. The van der Waals surface area contributed by atoms with Gasteiger partial charge in [0.1, 0.15) is 5.69 Å². The fourth-order valence-electron chi connectivity index (χ4n) is 1.35.